The Labute approximate surface area is 127 Å². The number of ether oxygens (including phenoxy) is 2. The third kappa shape index (κ3) is 5.52. The first-order valence-corrected chi connectivity index (χ1v) is 7.95. The molecule has 1 saturated heterocycles. The number of pyridine rings is 1. The highest BCUT2D eigenvalue weighted by atomic mass is 16.5. The molecule has 2 N–H and O–H groups in total. The van der Waals surface area contributed by atoms with Gasteiger partial charge in [0, 0.05) is 31.8 Å². The van der Waals surface area contributed by atoms with Gasteiger partial charge in [-0.15, -0.1) is 0 Å². The Bertz CT molecular complexity index is 406. The van der Waals surface area contributed by atoms with E-state index in [0.717, 1.165) is 56.8 Å². The highest BCUT2D eigenvalue weighted by molar-refractivity contribution is 5.48. The summed E-state index contributed by atoms with van der Waals surface area (Å²) >= 11 is 0. The summed E-state index contributed by atoms with van der Waals surface area (Å²) in [5.41, 5.74) is 7.06. The molecule has 21 heavy (non-hydrogen) atoms. The Hall–Kier alpha value is -1.33. The van der Waals surface area contributed by atoms with Gasteiger partial charge in [0.2, 0.25) is 0 Å². The minimum absolute atomic E-state index is 0.342. The smallest absolute Gasteiger partial charge is 0.139 e. The fourth-order valence-corrected chi connectivity index (χ4v) is 2.38. The van der Waals surface area contributed by atoms with Crippen LogP contribution in [0.4, 0.5) is 5.69 Å². The molecule has 1 aliphatic heterocycles. The highest BCUT2D eigenvalue weighted by Crippen LogP contribution is 2.22. The second kappa shape index (κ2) is 8.85. The lowest BCUT2D eigenvalue weighted by Gasteiger charge is -2.31. The van der Waals surface area contributed by atoms with Crippen molar-refractivity contribution in [1.29, 1.82) is 0 Å². The molecule has 0 aliphatic carbocycles. The van der Waals surface area contributed by atoms with Crippen LogP contribution >= 0.6 is 0 Å². The lowest BCUT2D eigenvalue weighted by molar-refractivity contribution is 0.0979. The van der Waals surface area contributed by atoms with Gasteiger partial charge < -0.3 is 20.1 Å². The Morgan fingerprint density at radius 1 is 1.24 bits per heavy atom. The van der Waals surface area contributed by atoms with E-state index in [-0.39, 0.29) is 0 Å². The molecule has 0 radical (unpaired) electrons. The fourth-order valence-electron chi connectivity index (χ4n) is 2.38. The first-order chi connectivity index (χ1) is 10.3. The Kier molecular flexibility index (Phi) is 6.76. The van der Waals surface area contributed by atoms with Gasteiger partial charge in [-0.3, -0.25) is 4.98 Å². The molecule has 0 bridgehead atoms. The van der Waals surface area contributed by atoms with Crippen molar-refractivity contribution in [3.8, 4) is 5.75 Å². The first kappa shape index (κ1) is 16.0. The molecule has 0 aromatic carbocycles. The van der Waals surface area contributed by atoms with Crippen LogP contribution in [0.1, 0.15) is 32.6 Å². The van der Waals surface area contributed by atoms with Crippen LogP contribution in [0.25, 0.3) is 0 Å². The van der Waals surface area contributed by atoms with Gasteiger partial charge in [0.15, 0.2) is 0 Å². The van der Waals surface area contributed by atoms with E-state index in [1.807, 2.05) is 6.20 Å². The number of hydrogen-bond acceptors (Lipinski definition) is 5. The van der Waals surface area contributed by atoms with Crippen molar-refractivity contribution >= 4 is 5.69 Å². The molecule has 5 heteroatoms. The largest absolute Gasteiger partial charge is 0.489 e. The average Bonchev–Trinajstić information content (AvgIpc) is 2.52. The van der Waals surface area contributed by atoms with E-state index in [1.165, 1.54) is 0 Å². The minimum Gasteiger partial charge on any atom is -0.489 e. The van der Waals surface area contributed by atoms with E-state index in [4.69, 9.17) is 15.2 Å². The summed E-state index contributed by atoms with van der Waals surface area (Å²) in [6, 6.07) is 2.39. The molecule has 0 unspecified atom stereocenters. The van der Waals surface area contributed by atoms with Crippen LogP contribution in [-0.4, -0.2) is 43.9 Å². The number of rotatable bonds is 8. The van der Waals surface area contributed by atoms with Gasteiger partial charge in [-0.1, -0.05) is 13.3 Å². The van der Waals surface area contributed by atoms with Gasteiger partial charge in [0.05, 0.1) is 24.7 Å². The zero-order valence-corrected chi connectivity index (χ0v) is 13.0. The quantitative estimate of drug-likeness (QED) is 0.745. The molecule has 1 aliphatic rings. The van der Waals surface area contributed by atoms with Crippen LogP contribution in [-0.2, 0) is 4.74 Å². The molecule has 0 amide bonds. The van der Waals surface area contributed by atoms with Crippen LogP contribution < -0.4 is 15.4 Å². The molecule has 118 valence electrons. The second-order valence-electron chi connectivity index (χ2n) is 5.52. The SMILES string of the molecule is CCCCOCCOc1cncc(N2CCC(N)CC2)c1. The molecule has 0 atom stereocenters. The summed E-state index contributed by atoms with van der Waals surface area (Å²) in [5.74, 6) is 0.807. The van der Waals surface area contributed by atoms with Crippen LogP contribution in [0.15, 0.2) is 18.5 Å². The van der Waals surface area contributed by atoms with E-state index in [1.54, 1.807) is 6.20 Å². The summed E-state index contributed by atoms with van der Waals surface area (Å²) < 4.78 is 11.2. The molecular formula is C16H27N3O2. The predicted molar refractivity (Wildman–Crippen MR) is 84.9 cm³/mol. The maximum atomic E-state index is 5.94. The third-order valence-electron chi connectivity index (χ3n) is 3.74. The van der Waals surface area contributed by atoms with Gasteiger partial charge in [-0.05, 0) is 19.3 Å². The highest BCUT2D eigenvalue weighted by Gasteiger charge is 2.16. The van der Waals surface area contributed by atoms with E-state index in [9.17, 15) is 0 Å². The Morgan fingerprint density at radius 3 is 2.81 bits per heavy atom. The van der Waals surface area contributed by atoms with Gasteiger partial charge in [0.1, 0.15) is 12.4 Å². The Morgan fingerprint density at radius 2 is 2.05 bits per heavy atom. The number of anilines is 1. The first-order valence-electron chi connectivity index (χ1n) is 7.95. The minimum atomic E-state index is 0.342. The van der Waals surface area contributed by atoms with Crippen LogP contribution in [0.2, 0.25) is 0 Å². The summed E-state index contributed by atoms with van der Waals surface area (Å²) in [6.45, 7) is 6.15. The fraction of sp³-hybridized carbons (Fsp3) is 0.688. The predicted octanol–water partition coefficient (Wildman–Crippen LogP) is 2.20. The lowest BCUT2D eigenvalue weighted by atomic mass is 10.1. The van der Waals surface area contributed by atoms with Crippen molar-refractivity contribution in [2.75, 3.05) is 37.8 Å². The van der Waals surface area contributed by atoms with Gasteiger partial charge in [-0.25, -0.2) is 0 Å². The monoisotopic (exact) mass is 293 g/mol. The van der Waals surface area contributed by atoms with Crippen molar-refractivity contribution in [2.24, 2.45) is 5.73 Å². The maximum absolute atomic E-state index is 5.94. The number of nitrogens with two attached hydrogens (primary N) is 1. The molecule has 1 aromatic heterocycles. The Balaban J connectivity index is 1.75. The molecule has 1 fully saturated rings. The zero-order chi connectivity index (χ0) is 14.9. The molecule has 2 heterocycles. The van der Waals surface area contributed by atoms with Crippen molar-refractivity contribution in [1.82, 2.24) is 4.98 Å². The van der Waals surface area contributed by atoms with Crippen LogP contribution in [0.3, 0.4) is 0 Å². The van der Waals surface area contributed by atoms with E-state index >= 15 is 0 Å². The van der Waals surface area contributed by atoms with Crippen LogP contribution in [0, 0.1) is 0 Å². The van der Waals surface area contributed by atoms with E-state index in [0.29, 0.717) is 19.3 Å². The number of aromatic nitrogens is 1. The number of unbranched alkanes of at least 4 members (excludes halogenated alkanes) is 1. The van der Waals surface area contributed by atoms with Crippen molar-refractivity contribution in [3.05, 3.63) is 18.5 Å². The molecule has 5 nitrogen and oxygen atoms in total. The van der Waals surface area contributed by atoms with Gasteiger partial charge in [-0.2, -0.15) is 0 Å². The third-order valence-corrected chi connectivity index (χ3v) is 3.74. The summed E-state index contributed by atoms with van der Waals surface area (Å²) in [7, 11) is 0. The average molecular weight is 293 g/mol. The lowest BCUT2D eigenvalue weighted by Crippen LogP contribution is -2.39. The van der Waals surface area contributed by atoms with E-state index < -0.39 is 0 Å². The van der Waals surface area contributed by atoms with Crippen molar-refractivity contribution in [3.63, 3.8) is 0 Å². The molecule has 0 saturated carbocycles. The second-order valence-corrected chi connectivity index (χ2v) is 5.52. The zero-order valence-electron chi connectivity index (χ0n) is 13.0. The van der Waals surface area contributed by atoms with Gasteiger partial charge >= 0.3 is 0 Å². The van der Waals surface area contributed by atoms with E-state index in [2.05, 4.69) is 22.9 Å². The maximum Gasteiger partial charge on any atom is 0.139 e. The van der Waals surface area contributed by atoms with Gasteiger partial charge in [0.25, 0.3) is 0 Å². The van der Waals surface area contributed by atoms with Crippen LogP contribution in [0.5, 0.6) is 5.75 Å². The summed E-state index contributed by atoms with van der Waals surface area (Å²) in [4.78, 5) is 6.59. The summed E-state index contributed by atoms with van der Waals surface area (Å²) in [5, 5.41) is 0. The van der Waals surface area contributed by atoms with Crippen molar-refractivity contribution in [2.45, 2.75) is 38.6 Å². The molecular weight excluding hydrogens is 266 g/mol. The normalized spacial score (nSPS) is 16.2. The van der Waals surface area contributed by atoms with Crippen molar-refractivity contribution < 1.29 is 9.47 Å². The molecule has 0 spiro atoms. The standard InChI is InChI=1S/C16H27N3O2/c1-2-3-8-20-9-10-21-16-11-15(12-18-13-16)19-6-4-14(17)5-7-19/h11-14H,2-10,17H2,1H3. The topological polar surface area (TPSA) is 60.6 Å². The molecule has 2 rings (SSSR count). The number of hydrogen-bond donors (Lipinski definition) is 1. The number of piperidine rings is 1. The number of nitrogens with zero attached hydrogens (tertiary/aromatic N) is 2. The molecule has 1 aromatic rings. The summed E-state index contributed by atoms with van der Waals surface area (Å²) in [6.07, 6.45) is 7.99.